The van der Waals surface area contributed by atoms with Crippen molar-refractivity contribution >= 4 is 11.0 Å². The van der Waals surface area contributed by atoms with Gasteiger partial charge in [-0.1, -0.05) is 37.3 Å². The first-order valence-electron chi connectivity index (χ1n) is 7.88. The number of rotatable bonds is 5. The molecule has 0 aliphatic heterocycles. The summed E-state index contributed by atoms with van der Waals surface area (Å²) < 4.78 is 0. The Morgan fingerprint density at radius 3 is 2.45 bits per heavy atom. The average Bonchev–Trinajstić information content (AvgIpc) is 2.89. The van der Waals surface area contributed by atoms with E-state index in [1.807, 2.05) is 0 Å². The Kier molecular flexibility index (Phi) is 4.25. The van der Waals surface area contributed by atoms with Crippen LogP contribution in [0.5, 0.6) is 0 Å². The number of aryl methyl sites for hydroxylation is 2. The molecule has 1 N–H and O–H groups in total. The van der Waals surface area contributed by atoms with E-state index < -0.39 is 0 Å². The summed E-state index contributed by atoms with van der Waals surface area (Å²) in [5.74, 6) is 1.04. The van der Waals surface area contributed by atoms with E-state index in [1.165, 1.54) is 16.7 Å². The molecular formula is C19H23N3. The molecule has 0 atom stereocenters. The average molecular weight is 293 g/mol. The number of H-pyrrole nitrogens is 1. The number of imidazole rings is 1. The van der Waals surface area contributed by atoms with Crippen LogP contribution in [0.3, 0.4) is 0 Å². The number of fused-ring (bicyclic) bond motifs is 1. The first-order chi connectivity index (χ1) is 10.7. The lowest BCUT2D eigenvalue weighted by molar-refractivity contribution is 0.265. The third kappa shape index (κ3) is 3.20. The summed E-state index contributed by atoms with van der Waals surface area (Å²) in [6.45, 7) is 9.27. The minimum atomic E-state index is 0.845. The molecule has 0 spiro atoms. The SMILES string of the molecule is CCN(Cc1ccccc1)Cc1nc2cc(C)c(C)cc2[nH]1. The number of hydrogen-bond donors (Lipinski definition) is 1. The molecule has 0 bridgehead atoms. The van der Waals surface area contributed by atoms with Crippen molar-refractivity contribution < 1.29 is 0 Å². The summed E-state index contributed by atoms with van der Waals surface area (Å²) in [4.78, 5) is 10.6. The second-order valence-electron chi connectivity index (χ2n) is 5.93. The number of nitrogens with zero attached hydrogens (tertiary/aromatic N) is 2. The van der Waals surface area contributed by atoms with E-state index in [1.54, 1.807) is 0 Å². The molecule has 0 amide bonds. The van der Waals surface area contributed by atoms with E-state index in [0.29, 0.717) is 0 Å². The molecule has 1 heterocycles. The van der Waals surface area contributed by atoms with Gasteiger partial charge in [-0.2, -0.15) is 0 Å². The van der Waals surface area contributed by atoms with Gasteiger partial charge in [0.2, 0.25) is 0 Å². The maximum absolute atomic E-state index is 4.75. The Morgan fingerprint density at radius 1 is 1.00 bits per heavy atom. The second kappa shape index (κ2) is 6.32. The molecule has 1 aromatic heterocycles. The fraction of sp³-hybridized carbons (Fsp3) is 0.316. The van der Waals surface area contributed by atoms with E-state index in [2.05, 4.69) is 73.1 Å². The van der Waals surface area contributed by atoms with Crippen LogP contribution in [0, 0.1) is 13.8 Å². The van der Waals surface area contributed by atoms with Gasteiger partial charge in [0.1, 0.15) is 5.82 Å². The third-order valence-corrected chi connectivity index (χ3v) is 4.22. The van der Waals surface area contributed by atoms with E-state index in [4.69, 9.17) is 4.98 Å². The van der Waals surface area contributed by atoms with Crippen LogP contribution in [0.4, 0.5) is 0 Å². The molecule has 22 heavy (non-hydrogen) atoms. The van der Waals surface area contributed by atoms with E-state index in [-0.39, 0.29) is 0 Å². The minimum Gasteiger partial charge on any atom is -0.341 e. The van der Waals surface area contributed by atoms with Crippen molar-refractivity contribution in [2.24, 2.45) is 0 Å². The highest BCUT2D eigenvalue weighted by Gasteiger charge is 2.09. The molecule has 3 heteroatoms. The van der Waals surface area contributed by atoms with Crippen molar-refractivity contribution in [1.29, 1.82) is 0 Å². The number of nitrogens with one attached hydrogen (secondary N) is 1. The summed E-state index contributed by atoms with van der Waals surface area (Å²) in [6, 6.07) is 14.9. The van der Waals surface area contributed by atoms with Gasteiger partial charge in [-0.15, -0.1) is 0 Å². The maximum Gasteiger partial charge on any atom is 0.121 e. The predicted molar refractivity (Wildman–Crippen MR) is 91.8 cm³/mol. The summed E-state index contributed by atoms with van der Waals surface area (Å²) in [7, 11) is 0. The zero-order valence-corrected chi connectivity index (χ0v) is 13.6. The Labute approximate surface area is 132 Å². The van der Waals surface area contributed by atoms with Gasteiger partial charge in [0.05, 0.1) is 17.6 Å². The van der Waals surface area contributed by atoms with Crippen molar-refractivity contribution in [2.45, 2.75) is 33.9 Å². The topological polar surface area (TPSA) is 31.9 Å². The van der Waals surface area contributed by atoms with Crippen molar-refractivity contribution in [1.82, 2.24) is 14.9 Å². The summed E-state index contributed by atoms with van der Waals surface area (Å²) in [5.41, 5.74) is 6.14. The van der Waals surface area contributed by atoms with E-state index >= 15 is 0 Å². The van der Waals surface area contributed by atoms with Crippen molar-refractivity contribution in [3.05, 3.63) is 65.0 Å². The molecule has 3 rings (SSSR count). The summed E-state index contributed by atoms with van der Waals surface area (Å²) in [6.07, 6.45) is 0. The lowest BCUT2D eigenvalue weighted by atomic mass is 10.1. The van der Waals surface area contributed by atoms with Crippen LogP contribution in [0.1, 0.15) is 29.4 Å². The zero-order chi connectivity index (χ0) is 15.5. The standard InChI is InChI=1S/C19H23N3/c1-4-22(12-16-8-6-5-7-9-16)13-19-20-17-10-14(2)15(3)11-18(17)21-19/h5-11H,4,12-13H2,1-3H3,(H,20,21). The van der Waals surface area contributed by atoms with Crippen molar-refractivity contribution in [3.63, 3.8) is 0 Å². The zero-order valence-electron chi connectivity index (χ0n) is 13.6. The Bertz CT molecular complexity index is 720. The molecule has 0 unspecified atom stereocenters. The number of benzene rings is 2. The van der Waals surface area contributed by atoms with Gasteiger partial charge in [-0.05, 0) is 49.2 Å². The quantitative estimate of drug-likeness (QED) is 0.764. The molecule has 0 saturated carbocycles. The number of aromatic amines is 1. The van der Waals surface area contributed by atoms with Crippen LogP contribution in [0.2, 0.25) is 0 Å². The fourth-order valence-electron chi connectivity index (χ4n) is 2.73. The number of hydrogen-bond acceptors (Lipinski definition) is 2. The van der Waals surface area contributed by atoms with E-state index in [9.17, 15) is 0 Å². The predicted octanol–water partition coefficient (Wildman–Crippen LogP) is 4.20. The Morgan fingerprint density at radius 2 is 1.73 bits per heavy atom. The van der Waals surface area contributed by atoms with Crippen molar-refractivity contribution in [3.8, 4) is 0 Å². The van der Waals surface area contributed by atoms with Crippen LogP contribution in [0.15, 0.2) is 42.5 Å². The monoisotopic (exact) mass is 293 g/mol. The van der Waals surface area contributed by atoms with Gasteiger partial charge < -0.3 is 4.98 Å². The van der Waals surface area contributed by atoms with Gasteiger partial charge in [0.15, 0.2) is 0 Å². The molecule has 0 fully saturated rings. The lowest BCUT2D eigenvalue weighted by Crippen LogP contribution is -2.22. The first-order valence-corrected chi connectivity index (χ1v) is 7.88. The molecule has 0 radical (unpaired) electrons. The molecule has 3 aromatic rings. The van der Waals surface area contributed by atoms with Crippen LogP contribution in [-0.2, 0) is 13.1 Å². The highest BCUT2D eigenvalue weighted by Crippen LogP contribution is 2.18. The molecule has 3 nitrogen and oxygen atoms in total. The van der Waals surface area contributed by atoms with E-state index in [0.717, 1.165) is 36.5 Å². The number of aromatic nitrogens is 2. The van der Waals surface area contributed by atoms with Crippen LogP contribution in [0.25, 0.3) is 11.0 Å². The maximum atomic E-state index is 4.75. The van der Waals surface area contributed by atoms with Crippen LogP contribution < -0.4 is 0 Å². The summed E-state index contributed by atoms with van der Waals surface area (Å²) in [5, 5.41) is 0. The Hall–Kier alpha value is -2.13. The molecule has 0 aliphatic carbocycles. The molecule has 2 aromatic carbocycles. The van der Waals surface area contributed by atoms with Gasteiger partial charge in [-0.25, -0.2) is 4.98 Å². The highest BCUT2D eigenvalue weighted by molar-refractivity contribution is 5.77. The van der Waals surface area contributed by atoms with Gasteiger partial charge >= 0.3 is 0 Å². The van der Waals surface area contributed by atoms with Gasteiger partial charge in [0.25, 0.3) is 0 Å². The molecule has 0 aliphatic rings. The van der Waals surface area contributed by atoms with Crippen LogP contribution in [-0.4, -0.2) is 21.4 Å². The fourth-order valence-corrected chi connectivity index (χ4v) is 2.73. The lowest BCUT2D eigenvalue weighted by Gasteiger charge is -2.19. The minimum absolute atomic E-state index is 0.845. The first kappa shape index (κ1) is 14.8. The highest BCUT2D eigenvalue weighted by atomic mass is 15.1. The summed E-state index contributed by atoms with van der Waals surface area (Å²) >= 11 is 0. The molecular weight excluding hydrogens is 270 g/mol. The molecule has 114 valence electrons. The van der Waals surface area contributed by atoms with Gasteiger partial charge in [-0.3, -0.25) is 4.90 Å². The Balaban J connectivity index is 1.78. The van der Waals surface area contributed by atoms with Crippen molar-refractivity contribution in [2.75, 3.05) is 6.54 Å². The van der Waals surface area contributed by atoms with Gasteiger partial charge in [0, 0.05) is 6.54 Å². The van der Waals surface area contributed by atoms with Crippen LogP contribution >= 0.6 is 0 Å². The third-order valence-electron chi connectivity index (χ3n) is 4.22. The largest absolute Gasteiger partial charge is 0.341 e. The smallest absolute Gasteiger partial charge is 0.121 e. The normalized spacial score (nSPS) is 11.5. The second-order valence-corrected chi connectivity index (χ2v) is 5.93. The molecule has 0 saturated heterocycles.